The van der Waals surface area contributed by atoms with Crippen LogP contribution >= 0.6 is 0 Å². The normalized spacial score (nSPS) is 15.6. The minimum Gasteiger partial charge on any atom is -0.382 e. The Balaban J connectivity index is 2.50. The van der Waals surface area contributed by atoms with Gasteiger partial charge in [-0.2, -0.15) is 13.2 Å². The van der Waals surface area contributed by atoms with Crippen molar-refractivity contribution in [2.24, 2.45) is 0 Å². The van der Waals surface area contributed by atoms with Crippen LogP contribution in [-0.4, -0.2) is 23.9 Å². The molecule has 96 valence electrons. The Kier molecular flexibility index (Phi) is 4.54. The summed E-state index contributed by atoms with van der Waals surface area (Å²) < 4.78 is 36.2. The van der Waals surface area contributed by atoms with Crippen molar-refractivity contribution in [2.75, 3.05) is 6.54 Å². The molecule has 17 heavy (non-hydrogen) atoms. The van der Waals surface area contributed by atoms with Crippen LogP contribution in [0.4, 0.5) is 13.2 Å². The van der Waals surface area contributed by atoms with Crippen molar-refractivity contribution in [2.45, 2.75) is 32.2 Å². The maximum atomic E-state index is 12.1. The highest BCUT2D eigenvalue weighted by Gasteiger charge is 2.37. The summed E-state index contributed by atoms with van der Waals surface area (Å²) in [6.07, 6.45) is -6.89. The first-order valence-corrected chi connectivity index (χ1v) is 5.35. The number of nitrogens with one attached hydrogen (secondary N) is 1. The molecule has 0 aromatic heterocycles. The number of aryl methyl sites for hydroxylation is 1. The van der Waals surface area contributed by atoms with Crippen molar-refractivity contribution >= 4 is 0 Å². The van der Waals surface area contributed by atoms with Crippen LogP contribution in [-0.2, 0) is 0 Å². The first-order valence-electron chi connectivity index (χ1n) is 5.35. The predicted octanol–water partition coefficient (Wildman–Crippen LogP) is 2.57. The highest BCUT2D eigenvalue weighted by atomic mass is 19.4. The molecule has 0 spiro atoms. The number of alkyl halides is 3. The van der Waals surface area contributed by atoms with E-state index in [1.165, 1.54) is 0 Å². The topological polar surface area (TPSA) is 32.3 Å². The lowest BCUT2D eigenvalue weighted by atomic mass is 10.1. The van der Waals surface area contributed by atoms with Gasteiger partial charge in [-0.05, 0) is 19.4 Å². The van der Waals surface area contributed by atoms with Gasteiger partial charge in [-0.3, -0.25) is 0 Å². The van der Waals surface area contributed by atoms with Gasteiger partial charge in [0.05, 0.1) is 0 Å². The van der Waals surface area contributed by atoms with Gasteiger partial charge < -0.3 is 10.4 Å². The third-order valence-electron chi connectivity index (χ3n) is 2.57. The standard InChI is InChI=1S/C12H16F3NO/c1-8-3-5-10(6-4-8)9(2)16-7-11(17)12(13,14)15/h3-6,9,11,16-17H,7H2,1-2H3/t9-,11?/m1/s1. The smallest absolute Gasteiger partial charge is 0.382 e. The number of hydrogen-bond donors (Lipinski definition) is 2. The molecule has 2 nitrogen and oxygen atoms in total. The largest absolute Gasteiger partial charge is 0.415 e. The van der Waals surface area contributed by atoms with E-state index in [9.17, 15) is 13.2 Å². The zero-order valence-corrected chi connectivity index (χ0v) is 9.75. The number of benzene rings is 1. The molecule has 0 saturated heterocycles. The summed E-state index contributed by atoms with van der Waals surface area (Å²) in [5, 5.41) is 11.5. The molecular weight excluding hydrogens is 231 g/mol. The van der Waals surface area contributed by atoms with Gasteiger partial charge in [0.1, 0.15) is 0 Å². The SMILES string of the molecule is Cc1ccc([C@@H](C)NCC(O)C(F)(F)F)cc1. The number of aliphatic hydroxyl groups excluding tert-OH is 1. The number of rotatable bonds is 4. The first-order chi connectivity index (χ1) is 7.80. The van der Waals surface area contributed by atoms with Gasteiger partial charge in [-0.1, -0.05) is 29.8 Å². The fourth-order valence-electron chi connectivity index (χ4n) is 1.38. The van der Waals surface area contributed by atoms with Crippen molar-refractivity contribution in [3.05, 3.63) is 35.4 Å². The Morgan fingerprint density at radius 2 is 1.76 bits per heavy atom. The number of aliphatic hydroxyl groups is 1. The van der Waals surface area contributed by atoms with Crippen molar-refractivity contribution < 1.29 is 18.3 Å². The van der Waals surface area contributed by atoms with Crippen molar-refractivity contribution in [1.29, 1.82) is 0 Å². The van der Waals surface area contributed by atoms with Crippen molar-refractivity contribution in [1.82, 2.24) is 5.32 Å². The minimum atomic E-state index is -4.57. The molecule has 0 aliphatic rings. The molecule has 0 fully saturated rings. The third-order valence-corrected chi connectivity index (χ3v) is 2.57. The van der Waals surface area contributed by atoms with E-state index in [4.69, 9.17) is 5.11 Å². The van der Waals surface area contributed by atoms with E-state index in [0.29, 0.717) is 0 Å². The van der Waals surface area contributed by atoms with Gasteiger partial charge in [0.15, 0.2) is 6.10 Å². The van der Waals surface area contributed by atoms with Gasteiger partial charge in [0.2, 0.25) is 0 Å². The van der Waals surface area contributed by atoms with Gasteiger partial charge in [-0.25, -0.2) is 0 Å². The van der Waals surface area contributed by atoms with Crippen LogP contribution in [0.3, 0.4) is 0 Å². The molecule has 0 aliphatic carbocycles. The molecule has 2 atom stereocenters. The molecule has 0 aliphatic heterocycles. The molecule has 1 aromatic carbocycles. The van der Waals surface area contributed by atoms with Crippen molar-refractivity contribution in [3.8, 4) is 0 Å². The van der Waals surface area contributed by atoms with Gasteiger partial charge in [-0.15, -0.1) is 0 Å². The zero-order chi connectivity index (χ0) is 13.1. The molecule has 1 unspecified atom stereocenters. The van der Waals surface area contributed by atoms with Crippen LogP contribution in [0.25, 0.3) is 0 Å². The molecule has 2 N–H and O–H groups in total. The lowest BCUT2D eigenvalue weighted by Crippen LogP contribution is -2.39. The summed E-state index contributed by atoms with van der Waals surface area (Å²) in [6.45, 7) is 3.20. The Morgan fingerprint density at radius 3 is 2.24 bits per heavy atom. The van der Waals surface area contributed by atoms with E-state index in [0.717, 1.165) is 11.1 Å². The van der Waals surface area contributed by atoms with Crippen LogP contribution in [0.15, 0.2) is 24.3 Å². The van der Waals surface area contributed by atoms with E-state index in [1.54, 1.807) is 6.92 Å². The maximum Gasteiger partial charge on any atom is 0.415 e. The van der Waals surface area contributed by atoms with Gasteiger partial charge in [0, 0.05) is 12.6 Å². The third kappa shape index (κ3) is 4.36. The average Bonchev–Trinajstić information content (AvgIpc) is 2.25. The minimum absolute atomic E-state index is 0.229. The number of hydrogen-bond acceptors (Lipinski definition) is 2. The second-order valence-electron chi connectivity index (χ2n) is 4.10. The van der Waals surface area contributed by atoms with E-state index >= 15 is 0 Å². The van der Waals surface area contributed by atoms with Gasteiger partial charge >= 0.3 is 6.18 Å². The second-order valence-corrected chi connectivity index (χ2v) is 4.10. The lowest BCUT2D eigenvalue weighted by molar-refractivity contribution is -0.202. The Morgan fingerprint density at radius 1 is 1.24 bits per heavy atom. The van der Waals surface area contributed by atoms with Gasteiger partial charge in [0.25, 0.3) is 0 Å². The van der Waals surface area contributed by atoms with Crippen molar-refractivity contribution in [3.63, 3.8) is 0 Å². The van der Waals surface area contributed by atoms with Crippen LogP contribution in [0, 0.1) is 6.92 Å². The fraction of sp³-hybridized carbons (Fsp3) is 0.500. The quantitative estimate of drug-likeness (QED) is 0.857. The molecule has 1 aromatic rings. The second kappa shape index (κ2) is 5.51. The molecule has 0 heterocycles. The lowest BCUT2D eigenvalue weighted by Gasteiger charge is -2.19. The summed E-state index contributed by atoms with van der Waals surface area (Å²) >= 11 is 0. The van der Waals surface area contributed by atoms with Crippen LogP contribution in [0.5, 0.6) is 0 Å². The molecule has 0 amide bonds. The molecule has 0 radical (unpaired) electrons. The first kappa shape index (κ1) is 14.0. The summed E-state index contributed by atoms with van der Waals surface area (Å²) in [7, 11) is 0. The zero-order valence-electron chi connectivity index (χ0n) is 9.75. The Hall–Kier alpha value is -1.07. The Labute approximate surface area is 98.5 Å². The summed E-state index contributed by atoms with van der Waals surface area (Å²) in [6, 6.07) is 7.27. The maximum absolute atomic E-state index is 12.1. The molecule has 5 heteroatoms. The Bertz CT molecular complexity index is 348. The number of halogens is 3. The van der Waals surface area contributed by atoms with E-state index in [2.05, 4.69) is 5.32 Å². The summed E-state index contributed by atoms with van der Waals surface area (Å²) in [5.74, 6) is 0. The van der Waals surface area contributed by atoms with Crippen LogP contribution in [0.2, 0.25) is 0 Å². The van der Waals surface area contributed by atoms with E-state index < -0.39 is 18.8 Å². The van der Waals surface area contributed by atoms with Crippen LogP contribution < -0.4 is 5.32 Å². The molecule has 0 bridgehead atoms. The molecule has 1 rings (SSSR count). The highest BCUT2D eigenvalue weighted by Crippen LogP contribution is 2.20. The molecule has 0 saturated carbocycles. The van der Waals surface area contributed by atoms with E-state index in [1.807, 2.05) is 31.2 Å². The molecular formula is C12H16F3NO. The predicted molar refractivity (Wildman–Crippen MR) is 59.7 cm³/mol. The fourth-order valence-corrected chi connectivity index (χ4v) is 1.38. The average molecular weight is 247 g/mol. The summed E-state index contributed by atoms with van der Waals surface area (Å²) in [5.41, 5.74) is 1.99. The highest BCUT2D eigenvalue weighted by molar-refractivity contribution is 5.23. The van der Waals surface area contributed by atoms with E-state index in [-0.39, 0.29) is 6.04 Å². The van der Waals surface area contributed by atoms with Crippen LogP contribution in [0.1, 0.15) is 24.1 Å². The monoisotopic (exact) mass is 247 g/mol. The summed E-state index contributed by atoms with van der Waals surface area (Å²) in [4.78, 5) is 0.